The van der Waals surface area contributed by atoms with Gasteiger partial charge in [-0.1, -0.05) is 334 Å². The number of aliphatic hydroxyl groups excluding tert-OH is 2. The van der Waals surface area contributed by atoms with Gasteiger partial charge in [-0.15, -0.1) is 0 Å². The fraction of sp³-hybridized carbons (Fsp3) is 0.913. The smallest absolute Gasteiger partial charge is 0.305 e. The minimum absolute atomic E-state index is 0.0124. The third-order valence-corrected chi connectivity index (χ3v) is 16.0. The number of allylic oxidation sites excluding steroid dienone is 3. The molecule has 0 saturated carbocycles. The van der Waals surface area contributed by atoms with Crippen LogP contribution in [0.25, 0.3) is 0 Å². The molecule has 0 spiro atoms. The van der Waals surface area contributed by atoms with E-state index in [0.717, 1.165) is 44.9 Å². The van der Waals surface area contributed by atoms with E-state index in [1.807, 2.05) is 6.08 Å². The van der Waals surface area contributed by atoms with Crippen LogP contribution in [0.5, 0.6) is 0 Å². The lowest BCUT2D eigenvalue weighted by atomic mass is 10.0. The van der Waals surface area contributed by atoms with Crippen molar-refractivity contribution in [3.05, 3.63) is 24.3 Å². The first-order valence-corrected chi connectivity index (χ1v) is 34.1. The van der Waals surface area contributed by atoms with Crippen molar-refractivity contribution >= 4 is 11.9 Å². The Bertz CT molecular complexity index is 1170. The molecule has 0 heterocycles. The van der Waals surface area contributed by atoms with Crippen molar-refractivity contribution in [3.8, 4) is 0 Å². The highest BCUT2D eigenvalue weighted by Crippen LogP contribution is 2.18. The molecule has 0 bridgehead atoms. The molecular formula is C69H133NO5. The van der Waals surface area contributed by atoms with Gasteiger partial charge in [0.15, 0.2) is 0 Å². The molecule has 3 N–H and O–H groups in total. The monoisotopic (exact) mass is 1060 g/mol. The van der Waals surface area contributed by atoms with E-state index in [9.17, 15) is 19.8 Å². The summed E-state index contributed by atoms with van der Waals surface area (Å²) in [6, 6.07) is -0.634. The van der Waals surface area contributed by atoms with Crippen LogP contribution in [0, 0.1) is 0 Å². The van der Waals surface area contributed by atoms with Gasteiger partial charge in [0.05, 0.1) is 25.4 Å². The van der Waals surface area contributed by atoms with Gasteiger partial charge < -0.3 is 20.3 Å². The molecule has 2 unspecified atom stereocenters. The number of aliphatic hydroxyl groups is 2. The first kappa shape index (κ1) is 73.3. The Balaban J connectivity index is 3.44. The van der Waals surface area contributed by atoms with Gasteiger partial charge in [-0.2, -0.15) is 0 Å². The van der Waals surface area contributed by atoms with Crippen LogP contribution in [0.4, 0.5) is 0 Å². The Labute approximate surface area is 469 Å². The zero-order chi connectivity index (χ0) is 54.3. The highest BCUT2D eigenvalue weighted by atomic mass is 16.5. The van der Waals surface area contributed by atoms with Gasteiger partial charge in [-0.25, -0.2) is 0 Å². The van der Waals surface area contributed by atoms with E-state index in [-0.39, 0.29) is 18.5 Å². The Kier molecular flexibility index (Phi) is 63.4. The number of unbranched alkanes of at least 4 members (excludes halogenated alkanes) is 51. The van der Waals surface area contributed by atoms with Crippen molar-refractivity contribution in [1.29, 1.82) is 0 Å². The number of nitrogens with one attached hydrogen (secondary N) is 1. The molecule has 1 amide bonds. The maximum atomic E-state index is 12.5. The second-order valence-electron chi connectivity index (χ2n) is 23.5. The lowest BCUT2D eigenvalue weighted by Gasteiger charge is -2.20. The van der Waals surface area contributed by atoms with Gasteiger partial charge >= 0.3 is 5.97 Å². The lowest BCUT2D eigenvalue weighted by Crippen LogP contribution is -2.45. The van der Waals surface area contributed by atoms with Crippen molar-refractivity contribution in [2.75, 3.05) is 13.2 Å². The van der Waals surface area contributed by atoms with Crippen LogP contribution >= 0.6 is 0 Å². The summed E-state index contributed by atoms with van der Waals surface area (Å²) in [6.45, 7) is 4.94. The second-order valence-corrected chi connectivity index (χ2v) is 23.5. The van der Waals surface area contributed by atoms with E-state index < -0.39 is 12.1 Å². The summed E-state index contributed by atoms with van der Waals surface area (Å²) < 4.78 is 5.49. The number of hydrogen-bond acceptors (Lipinski definition) is 5. The molecule has 75 heavy (non-hydrogen) atoms. The summed E-state index contributed by atoms with van der Waals surface area (Å²) in [4.78, 5) is 24.6. The fourth-order valence-electron chi connectivity index (χ4n) is 10.7. The Morgan fingerprint density at radius 1 is 0.360 bits per heavy atom. The topological polar surface area (TPSA) is 95.9 Å². The van der Waals surface area contributed by atoms with Crippen LogP contribution in [0.1, 0.15) is 380 Å². The first-order valence-electron chi connectivity index (χ1n) is 34.1. The molecule has 0 aliphatic rings. The largest absolute Gasteiger partial charge is 0.466 e. The minimum atomic E-state index is -0.850. The van der Waals surface area contributed by atoms with E-state index in [2.05, 4.69) is 31.3 Å². The van der Waals surface area contributed by atoms with Crippen molar-refractivity contribution in [3.63, 3.8) is 0 Å². The lowest BCUT2D eigenvalue weighted by molar-refractivity contribution is -0.143. The third-order valence-electron chi connectivity index (χ3n) is 16.0. The number of amides is 1. The van der Waals surface area contributed by atoms with Gasteiger partial charge in [0, 0.05) is 12.8 Å². The summed E-state index contributed by atoms with van der Waals surface area (Å²) in [5, 5.41) is 23.2. The molecule has 6 nitrogen and oxygen atoms in total. The summed E-state index contributed by atoms with van der Waals surface area (Å²) in [5.41, 5.74) is 0. The van der Waals surface area contributed by atoms with E-state index in [1.54, 1.807) is 6.08 Å². The van der Waals surface area contributed by atoms with Crippen molar-refractivity contribution in [2.24, 2.45) is 0 Å². The molecule has 0 saturated heterocycles. The number of carbonyl (C=O) groups excluding carboxylic acids is 2. The minimum Gasteiger partial charge on any atom is -0.466 e. The third kappa shape index (κ3) is 61.4. The van der Waals surface area contributed by atoms with Crippen molar-refractivity contribution < 1.29 is 24.5 Å². The normalized spacial score (nSPS) is 12.6. The Hall–Kier alpha value is -1.66. The molecule has 0 aliphatic heterocycles. The summed E-state index contributed by atoms with van der Waals surface area (Å²) in [7, 11) is 0. The predicted molar refractivity (Wildman–Crippen MR) is 329 cm³/mol. The zero-order valence-corrected chi connectivity index (χ0v) is 50.8. The highest BCUT2D eigenvalue weighted by Gasteiger charge is 2.18. The molecule has 0 aromatic heterocycles. The molecule has 0 radical (unpaired) electrons. The van der Waals surface area contributed by atoms with Crippen LogP contribution in [-0.4, -0.2) is 47.4 Å². The van der Waals surface area contributed by atoms with E-state index in [4.69, 9.17) is 4.74 Å². The number of hydrogen-bond donors (Lipinski definition) is 3. The van der Waals surface area contributed by atoms with Crippen LogP contribution in [0.2, 0.25) is 0 Å². The van der Waals surface area contributed by atoms with Crippen LogP contribution in [-0.2, 0) is 14.3 Å². The predicted octanol–water partition coefficient (Wildman–Crippen LogP) is 21.8. The highest BCUT2D eigenvalue weighted by molar-refractivity contribution is 5.76. The quantitative estimate of drug-likeness (QED) is 0.0320. The summed E-state index contributed by atoms with van der Waals surface area (Å²) in [5.74, 6) is -0.0587. The average molecular weight is 1060 g/mol. The molecule has 0 aromatic rings. The number of ether oxygens (including phenoxy) is 1. The number of esters is 1. The van der Waals surface area contributed by atoms with Crippen LogP contribution < -0.4 is 5.32 Å². The summed E-state index contributed by atoms with van der Waals surface area (Å²) in [6.07, 6.45) is 81.0. The Morgan fingerprint density at radius 2 is 0.627 bits per heavy atom. The number of carbonyl (C=O) groups is 2. The summed E-state index contributed by atoms with van der Waals surface area (Å²) >= 11 is 0. The van der Waals surface area contributed by atoms with Crippen LogP contribution in [0.15, 0.2) is 24.3 Å². The van der Waals surface area contributed by atoms with Gasteiger partial charge in [0.2, 0.25) is 5.91 Å². The fourth-order valence-corrected chi connectivity index (χ4v) is 10.7. The molecular weight excluding hydrogens is 923 g/mol. The van der Waals surface area contributed by atoms with E-state index in [1.165, 1.54) is 308 Å². The Morgan fingerprint density at radius 3 is 0.947 bits per heavy atom. The average Bonchev–Trinajstić information content (AvgIpc) is 3.41. The molecule has 0 aromatic carbocycles. The second kappa shape index (κ2) is 64.9. The first-order chi connectivity index (χ1) is 37.0. The molecule has 0 fully saturated rings. The van der Waals surface area contributed by atoms with E-state index >= 15 is 0 Å². The van der Waals surface area contributed by atoms with Crippen molar-refractivity contribution in [1.82, 2.24) is 5.32 Å². The SMILES string of the molecule is CCCCCCCCCCCCCCCCCCCCCC/C=C/C(O)C(CO)NC(=O)CCCCCCCCC/C=C\CCCCCCCCCCCCCOC(=O)CCCCCCCCCCCCCCCC. The maximum Gasteiger partial charge on any atom is 0.305 e. The van der Waals surface area contributed by atoms with E-state index in [0.29, 0.717) is 19.4 Å². The van der Waals surface area contributed by atoms with Gasteiger partial charge in [-0.3, -0.25) is 9.59 Å². The standard InChI is InChI=1S/C69H133NO5/c1-3-5-7-9-11-13-15-17-19-20-21-22-25-28-31-34-37-41-45-49-53-57-61-67(72)66(65-71)70-68(73)62-58-54-50-46-42-38-35-32-29-26-23-24-27-30-33-36-40-44-48-52-56-60-64-75-69(74)63-59-55-51-47-43-39-18-16-14-12-10-8-6-4-2/h26,29,57,61,66-67,71-72H,3-25,27-28,30-56,58-60,62-65H2,1-2H3,(H,70,73)/b29-26-,61-57+. The molecule has 444 valence electrons. The van der Waals surface area contributed by atoms with Crippen LogP contribution in [0.3, 0.4) is 0 Å². The van der Waals surface area contributed by atoms with Gasteiger partial charge in [-0.05, 0) is 57.8 Å². The maximum absolute atomic E-state index is 12.5. The molecule has 2 atom stereocenters. The molecule has 0 aliphatic carbocycles. The van der Waals surface area contributed by atoms with Gasteiger partial charge in [0.1, 0.15) is 0 Å². The molecule has 6 heteroatoms. The zero-order valence-electron chi connectivity index (χ0n) is 50.8. The van der Waals surface area contributed by atoms with Gasteiger partial charge in [0.25, 0.3) is 0 Å². The number of rotatable bonds is 64. The van der Waals surface area contributed by atoms with Crippen molar-refractivity contribution in [2.45, 2.75) is 392 Å². The molecule has 0 rings (SSSR count).